The molecular weight excluding hydrogens is 516 g/mol. The second-order valence-electron chi connectivity index (χ2n) is 8.48. The molecule has 0 atom stereocenters. The van der Waals surface area contributed by atoms with E-state index >= 15 is 0 Å². The Morgan fingerprint density at radius 2 is 1.76 bits per heavy atom. The van der Waals surface area contributed by atoms with Crippen molar-refractivity contribution >= 4 is 33.2 Å². The predicted octanol–water partition coefficient (Wildman–Crippen LogP) is 4.24. The summed E-state index contributed by atoms with van der Waals surface area (Å²) < 4.78 is 44.2. The number of anilines is 1. The second-order valence-corrected chi connectivity index (χ2v) is 10.7. The van der Waals surface area contributed by atoms with Crippen molar-refractivity contribution in [1.82, 2.24) is 5.32 Å². The summed E-state index contributed by atoms with van der Waals surface area (Å²) in [6.45, 7) is 0.551. The highest BCUT2D eigenvalue weighted by Gasteiger charge is 2.29. The molecule has 1 heterocycles. The van der Waals surface area contributed by atoms with Crippen molar-refractivity contribution in [2.75, 3.05) is 38.2 Å². The van der Waals surface area contributed by atoms with Crippen LogP contribution in [0, 0.1) is 0 Å². The normalized spacial score (nSPS) is 13.0. The fraction of sp³-hybridized carbons (Fsp3) is 0.296. The van der Waals surface area contributed by atoms with Crippen LogP contribution in [-0.4, -0.2) is 48.2 Å². The summed E-state index contributed by atoms with van der Waals surface area (Å²) in [5, 5.41) is 2.91. The Hall–Kier alpha value is -3.43. The van der Waals surface area contributed by atoms with Gasteiger partial charge in [0.25, 0.3) is 15.9 Å². The van der Waals surface area contributed by atoms with Gasteiger partial charge in [-0.1, -0.05) is 35.9 Å². The molecule has 3 aromatic carbocycles. The Morgan fingerprint density at radius 3 is 2.51 bits per heavy atom. The molecule has 0 spiro atoms. The van der Waals surface area contributed by atoms with Crippen molar-refractivity contribution in [3.63, 3.8) is 0 Å². The third-order valence-corrected chi connectivity index (χ3v) is 8.21. The monoisotopic (exact) mass is 544 g/mol. The number of hydrogen-bond acceptors (Lipinski definition) is 6. The zero-order valence-corrected chi connectivity index (χ0v) is 22.3. The Bertz CT molecular complexity index is 1380. The minimum Gasteiger partial charge on any atom is -0.493 e. The maximum absolute atomic E-state index is 13.3. The largest absolute Gasteiger partial charge is 0.493 e. The molecule has 10 heteroatoms. The third kappa shape index (κ3) is 6.11. The molecule has 0 saturated carbocycles. The van der Waals surface area contributed by atoms with Gasteiger partial charge >= 0.3 is 0 Å². The number of carbonyl (C=O) groups excluding carboxylic acids is 1. The molecule has 4 rings (SSSR count). The van der Waals surface area contributed by atoms with E-state index in [1.165, 1.54) is 22.5 Å². The lowest BCUT2D eigenvalue weighted by molar-refractivity contribution is -0.123. The average molecular weight is 545 g/mol. The van der Waals surface area contributed by atoms with E-state index in [-0.39, 0.29) is 28.2 Å². The Balaban J connectivity index is 1.33. The van der Waals surface area contributed by atoms with E-state index < -0.39 is 10.0 Å². The van der Waals surface area contributed by atoms with Crippen LogP contribution in [0.2, 0.25) is 5.02 Å². The Labute approximate surface area is 222 Å². The first kappa shape index (κ1) is 26.6. The van der Waals surface area contributed by atoms with Crippen LogP contribution < -0.4 is 23.8 Å². The number of para-hydroxylation sites is 1. The molecule has 37 heavy (non-hydrogen) atoms. The lowest BCUT2D eigenvalue weighted by Gasteiger charge is -2.30. The van der Waals surface area contributed by atoms with Crippen LogP contribution in [0.1, 0.15) is 17.5 Å². The van der Waals surface area contributed by atoms with Crippen molar-refractivity contribution < 1.29 is 27.4 Å². The van der Waals surface area contributed by atoms with E-state index in [4.69, 9.17) is 25.8 Å². The van der Waals surface area contributed by atoms with E-state index in [1.807, 2.05) is 42.5 Å². The first-order valence-corrected chi connectivity index (χ1v) is 13.7. The second kappa shape index (κ2) is 11.7. The molecule has 1 amide bonds. The van der Waals surface area contributed by atoms with Gasteiger partial charge in [-0.25, -0.2) is 8.42 Å². The number of halogens is 1. The summed E-state index contributed by atoms with van der Waals surface area (Å²) in [6.07, 6.45) is 2.18. The fourth-order valence-corrected chi connectivity index (χ4v) is 6.08. The third-order valence-electron chi connectivity index (χ3n) is 6.10. The van der Waals surface area contributed by atoms with Crippen LogP contribution in [0.25, 0.3) is 0 Å². The molecule has 196 valence electrons. The minimum atomic E-state index is -3.80. The number of aryl methyl sites for hydroxylation is 1. The quantitative estimate of drug-likeness (QED) is 0.410. The smallest absolute Gasteiger partial charge is 0.264 e. The fourth-order valence-electron chi connectivity index (χ4n) is 4.21. The molecule has 1 aliphatic rings. The van der Waals surface area contributed by atoms with Gasteiger partial charge in [0, 0.05) is 13.1 Å². The number of nitrogens with zero attached hydrogens (tertiary/aromatic N) is 1. The number of ether oxygens (including phenoxy) is 3. The van der Waals surface area contributed by atoms with Crippen molar-refractivity contribution in [1.29, 1.82) is 0 Å². The maximum Gasteiger partial charge on any atom is 0.264 e. The van der Waals surface area contributed by atoms with Gasteiger partial charge in [-0.05, 0) is 66.8 Å². The first-order chi connectivity index (χ1) is 17.8. The minimum absolute atomic E-state index is 0.0703. The molecule has 8 nitrogen and oxygen atoms in total. The van der Waals surface area contributed by atoms with Gasteiger partial charge in [0.1, 0.15) is 5.75 Å². The number of methoxy groups -OCH3 is 2. The number of hydrogen-bond donors (Lipinski definition) is 1. The summed E-state index contributed by atoms with van der Waals surface area (Å²) >= 11 is 6.33. The SMILES string of the molecule is COc1ccc(CCNC(=O)COc2ccc(S(=O)(=O)N3CCCc4ccccc43)cc2Cl)cc1OC. The highest BCUT2D eigenvalue weighted by Crippen LogP contribution is 2.34. The molecule has 0 saturated heterocycles. The van der Waals surface area contributed by atoms with Crippen LogP contribution in [0.4, 0.5) is 5.69 Å². The molecule has 0 unspecified atom stereocenters. The van der Waals surface area contributed by atoms with Gasteiger partial charge in [0.05, 0.1) is 29.8 Å². The number of benzene rings is 3. The molecule has 0 fully saturated rings. The van der Waals surface area contributed by atoms with Gasteiger partial charge in [-0.3, -0.25) is 9.10 Å². The summed E-state index contributed by atoms with van der Waals surface area (Å²) in [4.78, 5) is 12.3. The lowest BCUT2D eigenvalue weighted by atomic mass is 10.0. The van der Waals surface area contributed by atoms with Crippen LogP contribution in [0.3, 0.4) is 0 Å². The van der Waals surface area contributed by atoms with Crippen molar-refractivity contribution in [2.24, 2.45) is 0 Å². The van der Waals surface area contributed by atoms with Gasteiger partial charge in [0.2, 0.25) is 0 Å². The molecule has 1 N–H and O–H groups in total. The van der Waals surface area contributed by atoms with E-state index in [1.54, 1.807) is 14.2 Å². The van der Waals surface area contributed by atoms with Gasteiger partial charge in [0.15, 0.2) is 18.1 Å². The average Bonchev–Trinajstić information content (AvgIpc) is 2.91. The number of amides is 1. The van der Waals surface area contributed by atoms with Crippen LogP contribution >= 0.6 is 11.6 Å². The Kier molecular flexibility index (Phi) is 8.45. The number of sulfonamides is 1. The standard InChI is InChI=1S/C27H29ClN2O6S/c1-34-25-11-9-19(16-26(25)35-2)13-14-29-27(31)18-36-24-12-10-21(17-22(24)28)37(32,33)30-15-5-7-20-6-3-4-8-23(20)30/h3-4,6,8-12,16-17H,5,7,13-15,18H2,1-2H3,(H,29,31). The van der Waals surface area contributed by atoms with Crippen molar-refractivity contribution in [3.8, 4) is 17.2 Å². The van der Waals surface area contributed by atoms with E-state index in [9.17, 15) is 13.2 Å². The first-order valence-electron chi connectivity index (χ1n) is 11.8. The molecule has 0 bridgehead atoms. The number of nitrogens with one attached hydrogen (secondary N) is 1. The number of rotatable bonds is 10. The number of carbonyl (C=O) groups is 1. The van der Waals surface area contributed by atoms with E-state index in [2.05, 4.69) is 5.32 Å². The van der Waals surface area contributed by atoms with Gasteiger partial charge < -0.3 is 19.5 Å². The predicted molar refractivity (Wildman–Crippen MR) is 143 cm³/mol. The van der Waals surface area contributed by atoms with E-state index in [0.29, 0.717) is 36.7 Å². The van der Waals surface area contributed by atoms with Gasteiger partial charge in [-0.15, -0.1) is 0 Å². The molecule has 0 aromatic heterocycles. The highest BCUT2D eigenvalue weighted by molar-refractivity contribution is 7.92. The van der Waals surface area contributed by atoms with Crippen molar-refractivity contribution in [2.45, 2.75) is 24.2 Å². The zero-order chi connectivity index (χ0) is 26.4. The highest BCUT2D eigenvalue weighted by atomic mass is 35.5. The zero-order valence-electron chi connectivity index (χ0n) is 20.7. The summed E-state index contributed by atoms with van der Waals surface area (Å²) in [7, 11) is -0.653. The summed E-state index contributed by atoms with van der Waals surface area (Å²) in [5.41, 5.74) is 2.67. The molecule has 3 aromatic rings. The molecule has 0 aliphatic carbocycles. The maximum atomic E-state index is 13.3. The molecule has 1 aliphatic heterocycles. The Morgan fingerprint density at radius 1 is 1.00 bits per heavy atom. The van der Waals surface area contributed by atoms with Crippen LogP contribution in [0.15, 0.2) is 65.6 Å². The molecular formula is C27H29ClN2O6S. The van der Waals surface area contributed by atoms with Crippen LogP contribution in [0.5, 0.6) is 17.2 Å². The lowest BCUT2D eigenvalue weighted by Crippen LogP contribution is -2.35. The summed E-state index contributed by atoms with van der Waals surface area (Å²) in [5.74, 6) is 1.17. The van der Waals surface area contributed by atoms with Crippen molar-refractivity contribution in [3.05, 3.63) is 76.8 Å². The molecule has 0 radical (unpaired) electrons. The number of fused-ring (bicyclic) bond motifs is 1. The topological polar surface area (TPSA) is 94.2 Å². The van der Waals surface area contributed by atoms with Crippen LogP contribution in [-0.2, 0) is 27.7 Å². The van der Waals surface area contributed by atoms with Gasteiger partial charge in [-0.2, -0.15) is 0 Å². The van der Waals surface area contributed by atoms with E-state index in [0.717, 1.165) is 24.0 Å². The summed E-state index contributed by atoms with van der Waals surface area (Å²) in [6, 6.07) is 17.4.